The predicted molar refractivity (Wildman–Crippen MR) is 88.2 cm³/mol. The van der Waals surface area contributed by atoms with Crippen LogP contribution < -0.4 is 10.1 Å². The number of amides is 1. The molecule has 1 aliphatic rings. The van der Waals surface area contributed by atoms with E-state index in [0.717, 1.165) is 30.8 Å². The smallest absolute Gasteiger partial charge is 0.276 e. The van der Waals surface area contributed by atoms with E-state index in [1.54, 1.807) is 6.07 Å². The van der Waals surface area contributed by atoms with Crippen LogP contribution in [0.4, 0.5) is 5.13 Å². The minimum atomic E-state index is -0.284. The third kappa shape index (κ3) is 4.27. The van der Waals surface area contributed by atoms with Gasteiger partial charge < -0.3 is 9.47 Å². The second-order valence-corrected chi connectivity index (χ2v) is 6.39. The molecule has 1 atom stereocenters. The molecule has 0 radical (unpaired) electrons. The highest BCUT2D eigenvalue weighted by molar-refractivity contribution is 7.13. The average molecular weight is 333 g/mol. The first kappa shape index (κ1) is 15.9. The average Bonchev–Trinajstić information content (AvgIpc) is 2.93. The highest BCUT2D eigenvalue weighted by atomic mass is 32.1. The molecule has 1 saturated heterocycles. The first-order chi connectivity index (χ1) is 11.1. The Kier molecular flexibility index (Phi) is 4.88. The predicted octanol–water partition coefficient (Wildman–Crippen LogP) is 2.97. The Morgan fingerprint density at radius 1 is 1.35 bits per heavy atom. The SMILES string of the molecule is Cc1cc(O[C@H]2CCCOC2)cc(C(=O)Nc2nc(C)cs2)n1. The summed E-state index contributed by atoms with van der Waals surface area (Å²) in [4.78, 5) is 20.8. The second-order valence-electron chi connectivity index (χ2n) is 5.53. The molecule has 0 saturated carbocycles. The number of anilines is 1. The third-order valence-corrected chi connectivity index (χ3v) is 4.30. The molecule has 0 aliphatic carbocycles. The lowest BCUT2D eigenvalue weighted by Gasteiger charge is -2.23. The number of nitrogens with zero attached hydrogens (tertiary/aromatic N) is 2. The maximum Gasteiger partial charge on any atom is 0.276 e. The molecular weight excluding hydrogens is 314 g/mol. The van der Waals surface area contributed by atoms with Crippen LogP contribution in [0.15, 0.2) is 17.5 Å². The molecule has 1 aliphatic heterocycles. The Balaban J connectivity index is 1.72. The first-order valence-electron chi connectivity index (χ1n) is 7.57. The van der Waals surface area contributed by atoms with Crippen molar-refractivity contribution in [3.8, 4) is 5.75 Å². The number of carbonyl (C=O) groups is 1. The monoisotopic (exact) mass is 333 g/mol. The molecule has 7 heteroatoms. The lowest BCUT2D eigenvalue weighted by molar-refractivity contribution is 0.00734. The van der Waals surface area contributed by atoms with Crippen LogP contribution in [-0.4, -0.2) is 35.2 Å². The number of aromatic nitrogens is 2. The van der Waals surface area contributed by atoms with E-state index in [1.807, 2.05) is 25.3 Å². The maximum absolute atomic E-state index is 12.3. The number of ether oxygens (including phenoxy) is 2. The Morgan fingerprint density at radius 2 is 2.22 bits per heavy atom. The van der Waals surface area contributed by atoms with Gasteiger partial charge in [0, 0.05) is 29.8 Å². The van der Waals surface area contributed by atoms with Crippen molar-refractivity contribution in [1.29, 1.82) is 0 Å². The van der Waals surface area contributed by atoms with Crippen molar-refractivity contribution in [2.24, 2.45) is 0 Å². The molecule has 0 aromatic carbocycles. The number of pyridine rings is 1. The molecule has 1 fully saturated rings. The lowest BCUT2D eigenvalue weighted by atomic mass is 10.2. The number of thiazole rings is 1. The van der Waals surface area contributed by atoms with Crippen LogP contribution >= 0.6 is 11.3 Å². The first-order valence-corrected chi connectivity index (χ1v) is 8.45. The van der Waals surface area contributed by atoms with Crippen molar-refractivity contribution in [1.82, 2.24) is 9.97 Å². The summed E-state index contributed by atoms with van der Waals surface area (Å²) in [5.74, 6) is 0.362. The normalized spacial score (nSPS) is 17.7. The molecule has 3 heterocycles. The van der Waals surface area contributed by atoms with Crippen LogP contribution in [-0.2, 0) is 4.74 Å². The largest absolute Gasteiger partial charge is 0.488 e. The fourth-order valence-electron chi connectivity index (χ4n) is 2.39. The van der Waals surface area contributed by atoms with Crippen LogP contribution in [0, 0.1) is 13.8 Å². The summed E-state index contributed by atoms with van der Waals surface area (Å²) in [5, 5.41) is 5.22. The van der Waals surface area contributed by atoms with Gasteiger partial charge >= 0.3 is 0 Å². The van der Waals surface area contributed by atoms with Gasteiger partial charge in [0.1, 0.15) is 17.5 Å². The quantitative estimate of drug-likeness (QED) is 0.931. The fraction of sp³-hybridized carbons (Fsp3) is 0.438. The molecule has 23 heavy (non-hydrogen) atoms. The summed E-state index contributed by atoms with van der Waals surface area (Å²) >= 11 is 1.39. The van der Waals surface area contributed by atoms with E-state index in [2.05, 4.69) is 15.3 Å². The summed E-state index contributed by atoms with van der Waals surface area (Å²) in [6, 6.07) is 3.50. The van der Waals surface area contributed by atoms with Gasteiger partial charge in [0.15, 0.2) is 5.13 Å². The van der Waals surface area contributed by atoms with Gasteiger partial charge in [-0.25, -0.2) is 9.97 Å². The summed E-state index contributed by atoms with van der Waals surface area (Å²) < 4.78 is 11.3. The highest BCUT2D eigenvalue weighted by Gasteiger charge is 2.17. The molecule has 1 N–H and O–H groups in total. The van der Waals surface area contributed by atoms with Gasteiger partial charge in [-0.05, 0) is 26.7 Å². The molecule has 6 nitrogen and oxygen atoms in total. The number of rotatable bonds is 4. The second kappa shape index (κ2) is 7.06. The number of aryl methyl sites for hydroxylation is 2. The molecule has 2 aromatic rings. The van der Waals surface area contributed by atoms with Crippen molar-refractivity contribution in [2.75, 3.05) is 18.5 Å². The minimum absolute atomic E-state index is 0.0306. The molecule has 0 spiro atoms. The van der Waals surface area contributed by atoms with Gasteiger partial charge in [-0.1, -0.05) is 0 Å². The molecule has 2 aromatic heterocycles. The summed E-state index contributed by atoms with van der Waals surface area (Å²) in [6.07, 6.45) is 1.98. The van der Waals surface area contributed by atoms with E-state index >= 15 is 0 Å². The van der Waals surface area contributed by atoms with Crippen molar-refractivity contribution < 1.29 is 14.3 Å². The van der Waals surface area contributed by atoms with Crippen molar-refractivity contribution >= 4 is 22.4 Å². The van der Waals surface area contributed by atoms with Crippen molar-refractivity contribution in [3.63, 3.8) is 0 Å². The van der Waals surface area contributed by atoms with E-state index in [-0.39, 0.29) is 12.0 Å². The molecule has 0 bridgehead atoms. The third-order valence-electron chi connectivity index (χ3n) is 3.42. The van der Waals surface area contributed by atoms with E-state index in [9.17, 15) is 4.79 Å². The van der Waals surface area contributed by atoms with Crippen LogP contribution in [0.3, 0.4) is 0 Å². The van der Waals surface area contributed by atoms with Crippen LogP contribution in [0.1, 0.15) is 34.7 Å². The van der Waals surface area contributed by atoms with Crippen LogP contribution in [0.25, 0.3) is 0 Å². The molecular formula is C16H19N3O3S. The number of hydrogen-bond acceptors (Lipinski definition) is 6. The minimum Gasteiger partial charge on any atom is -0.488 e. The van der Waals surface area contributed by atoms with E-state index in [1.165, 1.54) is 11.3 Å². The molecule has 122 valence electrons. The molecule has 1 amide bonds. The summed E-state index contributed by atoms with van der Waals surface area (Å²) in [7, 11) is 0. The summed E-state index contributed by atoms with van der Waals surface area (Å²) in [6.45, 7) is 5.10. The Labute approximate surface area is 138 Å². The zero-order chi connectivity index (χ0) is 16.2. The van der Waals surface area contributed by atoms with Crippen LogP contribution in [0.2, 0.25) is 0 Å². The van der Waals surface area contributed by atoms with Gasteiger partial charge in [-0.3, -0.25) is 10.1 Å². The molecule has 3 rings (SSSR count). The zero-order valence-electron chi connectivity index (χ0n) is 13.2. The lowest BCUT2D eigenvalue weighted by Crippen LogP contribution is -2.28. The van der Waals surface area contributed by atoms with Crippen LogP contribution in [0.5, 0.6) is 5.75 Å². The number of hydrogen-bond donors (Lipinski definition) is 1. The summed E-state index contributed by atoms with van der Waals surface area (Å²) in [5.41, 5.74) is 1.94. The topological polar surface area (TPSA) is 73.3 Å². The van der Waals surface area contributed by atoms with Gasteiger partial charge in [-0.2, -0.15) is 0 Å². The maximum atomic E-state index is 12.3. The highest BCUT2D eigenvalue weighted by Crippen LogP contribution is 2.21. The molecule has 0 unspecified atom stereocenters. The van der Waals surface area contributed by atoms with Crippen molar-refractivity contribution in [3.05, 3.63) is 34.6 Å². The Bertz CT molecular complexity index is 696. The standard InChI is InChI=1S/C16H19N3O3S/c1-10-6-13(22-12-4-3-5-21-8-12)7-14(17-10)15(20)19-16-18-11(2)9-23-16/h6-7,9,12H,3-5,8H2,1-2H3,(H,18,19,20)/t12-/m0/s1. The number of nitrogens with one attached hydrogen (secondary N) is 1. The Morgan fingerprint density at radius 3 is 2.91 bits per heavy atom. The Hall–Kier alpha value is -1.99. The van der Waals surface area contributed by atoms with Gasteiger partial charge in [0.25, 0.3) is 5.91 Å². The van der Waals surface area contributed by atoms with E-state index < -0.39 is 0 Å². The zero-order valence-corrected chi connectivity index (χ0v) is 14.0. The fourth-order valence-corrected chi connectivity index (χ4v) is 3.07. The van der Waals surface area contributed by atoms with Crippen molar-refractivity contribution in [2.45, 2.75) is 32.8 Å². The van der Waals surface area contributed by atoms with Gasteiger partial charge in [-0.15, -0.1) is 11.3 Å². The van der Waals surface area contributed by atoms with Gasteiger partial charge in [0.05, 0.1) is 12.3 Å². The van der Waals surface area contributed by atoms with E-state index in [4.69, 9.17) is 9.47 Å². The number of carbonyl (C=O) groups excluding carboxylic acids is 1. The van der Waals surface area contributed by atoms with E-state index in [0.29, 0.717) is 23.2 Å². The van der Waals surface area contributed by atoms with Gasteiger partial charge in [0.2, 0.25) is 0 Å².